The van der Waals surface area contributed by atoms with Crippen molar-refractivity contribution in [2.24, 2.45) is 0 Å². The van der Waals surface area contributed by atoms with E-state index in [1.807, 2.05) is 0 Å². The highest BCUT2D eigenvalue weighted by atomic mass is 79.9. The maximum Gasteiger partial charge on any atom is 0.416 e. The Balaban J connectivity index is 1.81. The molecule has 0 saturated heterocycles. The van der Waals surface area contributed by atoms with Crippen molar-refractivity contribution in [3.8, 4) is 0 Å². The summed E-state index contributed by atoms with van der Waals surface area (Å²) in [6.07, 6.45) is -4.60. The van der Waals surface area contributed by atoms with E-state index in [4.69, 9.17) is 16.0 Å². The molecule has 0 bridgehead atoms. The lowest BCUT2D eigenvalue weighted by molar-refractivity contribution is -0.137. The third-order valence-electron chi connectivity index (χ3n) is 5.45. The molecule has 4 aromatic rings. The first kappa shape index (κ1) is 21.7. The minimum Gasteiger partial charge on any atom is -0.450 e. The average molecular weight is 535 g/mol. The van der Waals surface area contributed by atoms with Gasteiger partial charge in [-0.25, -0.2) is 0 Å². The first-order valence-corrected chi connectivity index (χ1v) is 10.8. The number of anilines is 1. The van der Waals surface area contributed by atoms with Gasteiger partial charge >= 0.3 is 6.18 Å². The van der Waals surface area contributed by atoms with Crippen molar-refractivity contribution >= 4 is 50.1 Å². The minimum absolute atomic E-state index is 0.00677. The Hall–Kier alpha value is -3.10. The van der Waals surface area contributed by atoms with E-state index in [-0.39, 0.29) is 28.0 Å². The third kappa shape index (κ3) is 3.63. The normalized spacial score (nSPS) is 15.8. The number of nitrogens with zero attached hydrogens (tertiary/aromatic N) is 1. The van der Waals surface area contributed by atoms with Crippen molar-refractivity contribution in [3.63, 3.8) is 0 Å². The van der Waals surface area contributed by atoms with Crippen molar-refractivity contribution in [1.29, 1.82) is 0 Å². The van der Waals surface area contributed by atoms with Crippen molar-refractivity contribution in [2.75, 3.05) is 4.90 Å². The number of alkyl halides is 3. The van der Waals surface area contributed by atoms with Crippen LogP contribution >= 0.6 is 27.5 Å². The Morgan fingerprint density at radius 3 is 2.45 bits per heavy atom. The highest BCUT2D eigenvalue weighted by molar-refractivity contribution is 9.10. The SMILES string of the molecule is O=C1c2oc3ccc(Cl)cc3c(=O)c2C(c2cccc(Br)c2)N1c1cccc(C(F)(F)F)c1. The van der Waals surface area contributed by atoms with Gasteiger partial charge in [-0.15, -0.1) is 0 Å². The fourth-order valence-corrected chi connectivity index (χ4v) is 4.62. The maximum atomic E-state index is 13.5. The van der Waals surface area contributed by atoms with Gasteiger partial charge in [-0.05, 0) is 54.1 Å². The first-order chi connectivity index (χ1) is 15.6. The third-order valence-corrected chi connectivity index (χ3v) is 6.18. The van der Waals surface area contributed by atoms with Gasteiger partial charge in [0, 0.05) is 15.2 Å². The van der Waals surface area contributed by atoms with Gasteiger partial charge < -0.3 is 4.42 Å². The van der Waals surface area contributed by atoms with E-state index >= 15 is 0 Å². The highest BCUT2D eigenvalue weighted by Gasteiger charge is 2.44. The van der Waals surface area contributed by atoms with Crippen molar-refractivity contribution in [1.82, 2.24) is 0 Å². The predicted octanol–water partition coefficient (Wildman–Crippen LogP) is 6.98. The van der Waals surface area contributed by atoms with E-state index in [0.717, 1.165) is 17.0 Å². The number of rotatable bonds is 2. The molecule has 1 amide bonds. The molecule has 1 aromatic heterocycles. The molecule has 3 aromatic carbocycles. The Bertz CT molecular complexity index is 1500. The molecule has 2 heterocycles. The smallest absolute Gasteiger partial charge is 0.416 e. The van der Waals surface area contributed by atoms with Gasteiger partial charge in [0.25, 0.3) is 5.91 Å². The number of carbonyl (C=O) groups is 1. The molecule has 0 spiro atoms. The molecule has 0 aliphatic carbocycles. The number of amides is 1. The number of hydrogen-bond donors (Lipinski definition) is 0. The lowest BCUT2D eigenvalue weighted by Crippen LogP contribution is -2.29. The Kier molecular flexibility index (Phi) is 5.10. The van der Waals surface area contributed by atoms with Crippen LogP contribution in [-0.4, -0.2) is 5.91 Å². The minimum atomic E-state index is -4.60. The van der Waals surface area contributed by atoms with Crippen molar-refractivity contribution < 1.29 is 22.4 Å². The summed E-state index contributed by atoms with van der Waals surface area (Å²) in [5.41, 5.74) is -0.648. The second-order valence-corrected chi connectivity index (χ2v) is 8.85. The van der Waals surface area contributed by atoms with E-state index in [1.165, 1.54) is 30.3 Å². The van der Waals surface area contributed by atoms with E-state index in [9.17, 15) is 22.8 Å². The van der Waals surface area contributed by atoms with Gasteiger partial charge in [0.15, 0.2) is 5.43 Å². The summed E-state index contributed by atoms with van der Waals surface area (Å²) < 4.78 is 46.6. The van der Waals surface area contributed by atoms with Crippen LogP contribution in [0.3, 0.4) is 0 Å². The van der Waals surface area contributed by atoms with Crippen LogP contribution in [0.25, 0.3) is 11.0 Å². The number of halogens is 5. The van der Waals surface area contributed by atoms with Gasteiger partial charge in [-0.3, -0.25) is 14.5 Å². The molecule has 1 unspecified atom stereocenters. The summed E-state index contributed by atoms with van der Waals surface area (Å²) in [6.45, 7) is 0. The molecule has 1 aliphatic rings. The van der Waals surface area contributed by atoms with Crippen LogP contribution in [0.2, 0.25) is 5.02 Å². The quantitative estimate of drug-likeness (QED) is 0.279. The summed E-state index contributed by atoms with van der Waals surface area (Å²) >= 11 is 9.43. The Labute approximate surface area is 198 Å². The lowest BCUT2D eigenvalue weighted by Gasteiger charge is -2.26. The van der Waals surface area contributed by atoms with Crippen LogP contribution in [-0.2, 0) is 6.18 Å². The molecule has 5 rings (SSSR count). The number of hydrogen-bond acceptors (Lipinski definition) is 3. The van der Waals surface area contributed by atoms with E-state index in [2.05, 4.69) is 15.9 Å². The first-order valence-electron chi connectivity index (χ1n) is 9.67. The van der Waals surface area contributed by atoms with Crippen molar-refractivity contribution in [3.05, 3.63) is 109 Å². The summed E-state index contributed by atoms with van der Waals surface area (Å²) in [5.74, 6) is -0.916. The Morgan fingerprint density at radius 2 is 1.73 bits per heavy atom. The molecular weight excluding hydrogens is 523 g/mol. The van der Waals surface area contributed by atoms with Gasteiger partial charge in [0.1, 0.15) is 5.58 Å². The summed E-state index contributed by atoms with van der Waals surface area (Å²) in [4.78, 5) is 28.1. The molecule has 1 aliphatic heterocycles. The van der Waals surface area contributed by atoms with Crippen LogP contribution in [0.5, 0.6) is 0 Å². The molecule has 166 valence electrons. The molecular formula is C24H12BrClF3NO3. The fraction of sp³-hybridized carbons (Fsp3) is 0.0833. The monoisotopic (exact) mass is 533 g/mol. The number of carbonyl (C=O) groups excluding carboxylic acids is 1. The molecule has 0 fully saturated rings. The molecule has 33 heavy (non-hydrogen) atoms. The molecule has 0 saturated carbocycles. The van der Waals surface area contributed by atoms with Gasteiger partial charge in [-0.2, -0.15) is 13.2 Å². The number of benzene rings is 3. The zero-order chi connectivity index (χ0) is 23.5. The second-order valence-electron chi connectivity index (χ2n) is 7.50. The lowest BCUT2D eigenvalue weighted by atomic mass is 9.98. The Morgan fingerprint density at radius 1 is 0.970 bits per heavy atom. The largest absolute Gasteiger partial charge is 0.450 e. The van der Waals surface area contributed by atoms with Gasteiger partial charge in [-0.1, -0.05) is 45.7 Å². The van der Waals surface area contributed by atoms with Crippen LogP contribution < -0.4 is 10.3 Å². The maximum absolute atomic E-state index is 13.5. The van der Waals surface area contributed by atoms with E-state index in [0.29, 0.717) is 15.1 Å². The molecule has 0 radical (unpaired) electrons. The molecule has 1 atom stereocenters. The number of fused-ring (bicyclic) bond motifs is 2. The standard InChI is InChI=1S/C24H12BrClF3NO3/c25-14-5-1-3-12(9-14)20-19-21(31)17-11-15(26)7-8-18(17)33-22(19)23(32)30(20)16-6-2-4-13(10-16)24(27,28)29/h1-11,20H. The average Bonchev–Trinajstić information content (AvgIpc) is 3.06. The zero-order valence-corrected chi connectivity index (χ0v) is 18.8. The summed E-state index contributed by atoms with van der Waals surface area (Å²) in [6, 6.07) is 14.7. The van der Waals surface area contributed by atoms with E-state index in [1.54, 1.807) is 24.3 Å². The topological polar surface area (TPSA) is 50.5 Å². The van der Waals surface area contributed by atoms with E-state index < -0.39 is 29.1 Å². The highest BCUT2D eigenvalue weighted by Crippen LogP contribution is 2.43. The zero-order valence-electron chi connectivity index (χ0n) is 16.5. The predicted molar refractivity (Wildman–Crippen MR) is 122 cm³/mol. The molecule has 0 N–H and O–H groups in total. The van der Waals surface area contributed by atoms with Gasteiger partial charge in [0.2, 0.25) is 5.76 Å². The van der Waals surface area contributed by atoms with Crippen LogP contribution in [0.1, 0.15) is 33.3 Å². The molecule has 9 heteroatoms. The fourth-order valence-electron chi connectivity index (χ4n) is 4.04. The second kappa shape index (κ2) is 7.74. The van der Waals surface area contributed by atoms with Crippen LogP contribution in [0.4, 0.5) is 18.9 Å². The van der Waals surface area contributed by atoms with Crippen LogP contribution in [0, 0.1) is 0 Å². The van der Waals surface area contributed by atoms with Gasteiger partial charge in [0.05, 0.1) is 22.6 Å². The molecule has 4 nitrogen and oxygen atoms in total. The summed E-state index contributed by atoms with van der Waals surface area (Å²) in [7, 11) is 0. The summed E-state index contributed by atoms with van der Waals surface area (Å²) in [5, 5.41) is 0.493. The van der Waals surface area contributed by atoms with Crippen molar-refractivity contribution in [2.45, 2.75) is 12.2 Å². The van der Waals surface area contributed by atoms with Crippen LogP contribution in [0.15, 0.2) is 80.4 Å².